The maximum atomic E-state index is 12.3. The Hall–Kier alpha value is -0.920. The molecule has 1 saturated heterocycles. The summed E-state index contributed by atoms with van der Waals surface area (Å²) in [6.07, 6.45) is 4.33. The summed E-state index contributed by atoms with van der Waals surface area (Å²) in [5.74, 6) is -0.0778. The van der Waals surface area contributed by atoms with Crippen molar-refractivity contribution in [1.82, 2.24) is 10.4 Å². The zero-order valence-electron chi connectivity index (χ0n) is 10.1. The first-order valence-electron chi connectivity index (χ1n) is 6.07. The summed E-state index contributed by atoms with van der Waals surface area (Å²) in [6, 6.07) is 0. The lowest BCUT2D eigenvalue weighted by Gasteiger charge is -2.17. The second-order valence-electron chi connectivity index (χ2n) is 4.48. The molecule has 0 spiro atoms. The monoisotopic (exact) mass is 312 g/mol. The highest BCUT2D eigenvalue weighted by molar-refractivity contribution is 8.23. The molecule has 2 heterocycles. The Morgan fingerprint density at radius 1 is 1.37 bits per heavy atom. The molecule has 0 aromatic carbocycles. The molecule has 7 heteroatoms. The summed E-state index contributed by atoms with van der Waals surface area (Å²) >= 11 is 7.96. The third-order valence-electron chi connectivity index (χ3n) is 3.27. The van der Waals surface area contributed by atoms with E-state index < -0.39 is 0 Å². The van der Waals surface area contributed by atoms with Gasteiger partial charge in [-0.2, -0.15) is 0 Å². The fraction of sp³-hybridized carbons (Fsp3) is 0.417. The molecule has 2 amide bonds. The van der Waals surface area contributed by atoms with E-state index in [-0.39, 0.29) is 11.8 Å². The van der Waals surface area contributed by atoms with Crippen molar-refractivity contribution in [3.8, 4) is 0 Å². The summed E-state index contributed by atoms with van der Waals surface area (Å²) in [5, 5.41) is 3.08. The van der Waals surface area contributed by atoms with Crippen LogP contribution in [0.1, 0.15) is 33.6 Å². The molecular weight excluding hydrogens is 300 g/mol. The van der Waals surface area contributed by atoms with Crippen molar-refractivity contribution in [2.45, 2.75) is 25.7 Å². The van der Waals surface area contributed by atoms with Crippen LogP contribution in [0.5, 0.6) is 0 Å². The quantitative estimate of drug-likeness (QED) is 0.850. The number of nitrogens with zero attached hydrogens (tertiary/aromatic N) is 1. The lowest BCUT2D eigenvalue weighted by Crippen LogP contribution is -2.45. The van der Waals surface area contributed by atoms with Crippen LogP contribution in [0, 0.1) is 0 Å². The number of hydrogen-bond acceptors (Lipinski definition) is 5. The Bertz CT molecular complexity index is 551. The zero-order valence-corrected chi connectivity index (χ0v) is 12.6. The normalized spacial score (nSPS) is 18.6. The Labute approximate surface area is 124 Å². The standard InChI is InChI=1S/C12H12N2O2S3/c15-10-6-19-12(17)14(10)13-11(16)8-5-18-9-4-2-1-3-7(8)9/h5H,1-4,6H2,(H,13,16). The highest BCUT2D eigenvalue weighted by atomic mass is 32.2. The van der Waals surface area contributed by atoms with E-state index in [1.807, 2.05) is 5.38 Å². The summed E-state index contributed by atoms with van der Waals surface area (Å²) in [5.41, 5.74) is 4.47. The highest BCUT2D eigenvalue weighted by Gasteiger charge is 2.30. The molecule has 0 radical (unpaired) electrons. The molecule has 1 aliphatic carbocycles. The number of thiophene rings is 1. The minimum atomic E-state index is -0.224. The molecule has 19 heavy (non-hydrogen) atoms. The number of hydrogen-bond donors (Lipinski definition) is 1. The van der Waals surface area contributed by atoms with Gasteiger partial charge in [0.25, 0.3) is 11.8 Å². The number of rotatable bonds is 2. The van der Waals surface area contributed by atoms with Gasteiger partial charge in [0.1, 0.15) is 0 Å². The van der Waals surface area contributed by atoms with Crippen molar-refractivity contribution in [3.63, 3.8) is 0 Å². The van der Waals surface area contributed by atoms with Gasteiger partial charge in [0.05, 0.1) is 11.3 Å². The van der Waals surface area contributed by atoms with E-state index in [1.165, 1.54) is 28.1 Å². The number of nitrogens with one attached hydrogen (secondary N) is 1. The Morgan fingerprint density at radius 3 is 2.89 bits per heavy atom. The van der Waals surface area contributed by atoms with Gasteiger partial charge in [-0.15, -0.1) is 11.3 Å². The van der Waals surface area contributed by atoms with Gasteiger partial charge in [0.2, 0.25) is 0 Å². The molecule has 0 unspecified atom stereocenters. The number of hydrazine groups is 1. The van der Waals surface area contributed by atoms with E-state index in [9.17, 15) is 9.59 Å². The number of carbonyl (C=O) groups is 2. The van der Waals surface area contributed by atoms with Crippen molar-refractivity contribution >= 4 is 51.5 Å². The van der Waals surface area contributed by atoms with Crippen molar-refractivity contribution in [3.05, 3.63) is 21.4 Å². The Morgan fingerprint density at radius 2 is 2.16 bits per heavy atom. The van der Waals surface area contributed by atoms with Crippen LogP contribution in [0.4, 0.5) is 0 Å². The molecule has 3 rings (SSSR count). The van der Waals surface area contributed by atoms with E-state index in [0.717, 1.165) is 24.8 Å². The molecule has 1 aromatic heterocycles. The minimum absolute atomic E-state index is 0.160. The van der Waals surface area contributed by atoms with Crippen LogP contribution < -0.4 is 5.43 Å². The molecule has 4 nitrogen and oxygen atoms in total. The Kier molecular flexibility index (Phi) is 3.60. The summed E-state index contributed by atoms with van der Waals surface area (Å²) in [4.78, 5) is 25.1. The van der Waals surface area contributed by atoms with Crippen LogP contribution >= 0.6 is 35.3 Å². The second-order valence-corrected chi connectivity index (χ2v) is 7.06. The van der Waals surface area contributed by atoms with Gasteiger partial charge in [0, 0.05) is 10.3 Å². The predicted molar refractivity (Wildman–Crippen MR) is 80.3 cm³/mol. The SMILES string of the molecule is O=C(NN1C(=O)CSC1=S)c1csc2c1CCCC2. The maximum Gasteiger partial charge on any atom is 0.271 e. The highest BCUT2D eigenvalue weighted by Crippen LogP contribution is 2.30. The van der Waals surface area contributed by atoms with Crippen molar-refractivity contribution in [2.24, 2.45) is 0 Å². The van der Waals surface area contributed by atoms with Crippen LogP contribution in [0.3, 0.4) is 0 Å². The molecule has 1 fully saturated rings. The Balaban J connectivity index is 1.79. The smallest absolute Gasteiger partial charge is 0.271 e. The maximum absolute atomic E-state index is 12.3. The van der Waals surface area contributed by atoms with Gasteiger partial charge in [-0.25, -0.2) is 5.01 Å². The second kappa shape index (κ2) is 5.22. The van der Waals surface area contributed by atoms with Crippen LogP contribution in [-0.2, 0) is 17.6 Å². The largest absolute Gasteiger partial charge is 0.272 e. The predicted octanol–water partition coefficient (Wildman–Crippen LogP) is 2.13. The van der Waals surface area contributed by atoms with E-state index >= 15 is 0 Å². The van der Waals surface area contributed by atoms with Gasteiger partial charge in [-0.05, 0) is 31.2 Å². The van der Waals surface area contributed by atoms with Crippen molar-refractivity contribution in [2.75, 3.05) is 5.75 Å². The van der Waals surface area contributed by atoms with Crippen LogP contribution in [0.2, 0.25) is 0 Å². The number of carbonyl (C=O) groups excluding carboxylic acids is 2. The lowest BCUT2D eigenvalue weighted by molar-refractivity contribution is -0.125. The summed E-state index contributed by atoms with van der Waals surface area (Å²) in [6.45, 7) is 0. The van der Waals surface area contributed by atoms with Gasteiger partial charge >= 0.3 is 0 Å². The topological polar surface area (TPSA) is 49.4 Å². The molecule has 2 aliphatic rings. The first-order chi connectivity index (χ1) is 9.16. The summed E-state index contributed by atoms with van der Waals surface area (Å²) in [7, 11) is 0. The summed E-state index contributed by atoms with van der Waals surface area (Å²) < 4.78 is 0.419. The van der Waals surface area contributed by atoms with Gasteiger partial charge < -0.3 is 0 Å². The molecule has 100 valence electrons. The molecular formula is C12H12N2O2S3. The van der Waals surface area contributed by atoms with E-state index in [2.05, 4.69) is 5.43 Å². The first-order valence-corrected chi connectivity index (χ1v) is 8.34. The number of thioether (sulfide) groups is 1. The molecule has 1 aromatic rings. The number of aryl methyl sites for hydroxylation is 1. The van der Waals surface area contributed by atoms with Crippen LogP contribution in [0.15, 0.2) is 5.38 Å². The first kappa shape index (κ1) is 13.1. The molecule has 0 bridgehead atoms. The molecule has 1 aliphatic heterocycles. The van der Waals surface area contributed by atoms with Crippen LogP contribution in [0.25, 0.3) is 0 Å². The fourth-order valence-electron chi connectivity index (χ4n) is 2.31. The zero-order chi connectivity index (χ0) is 13.4. The van der Waals surface area contributed by atoms with Crippen molar-refractivity contribution in [1.29, 1.82) is 0 Å². The molecule has 0 atom stereocenters. The van der Waals surface area contributed by atoms with E-state index in [1.54, 1.807) is 11.3 Å². The number of fused-ring (bicyclic) bond motifs is 1. The lowest BCUT2D eigenvalue weighted by atomic mass is 9.96. The fourth-order valence-corrected chi connectivity index (χ4v) is 4.41. The molecule has 0 saturated carbocycles. The third kappa shape index (κ3) is 2.42. The van der Waals surface area contributed by atoms with E-state index in [4.69, 9.17) is 12.2 Å². The average molecular weight is 312 g/mol. The van der Waals surface area contributed by atoms with Gasteiger partial charge in [-0.3, -0.25) is 15.0 Å². The third-order valence-corrected chi connectivity index (χ3v) is 5.72. The van der Waals surface area contributed by atoms with E-state index in [0.29, 0.717) is 15.6 Å². The average Bonchev–Trinajstić information content (AvgIpc) is 2.97. The number of thiocarbonyl (C=S) groups is 1. The van der Waals surface area contributed by atoms with Crippen LogP contribution in [-0.4, -0.2) is 26.9 Å². The van der Waals surface area contributed by atoms with Gasteiger partial charge in [-0.1, -0.05) is 24.0 Å². The van der Waals surface area contributed by atoms with Crippen molar-refractivity contribution < 1.29 is 9.59 Å². The minimum Gasteiger partial charge on any atom is -0.272 e. The number of amides is 2. The van der Waals surface area contributed by atoms with Gasteiger partial charge in [0.15, 0.2) is 4.32 Å². The molecule has 1 N–H and O–H groups in total.